The van der Waals surface area contributed by atoms with E-state index in [0.717, 1.165) is 42.9 Å². The van der Waals surface area contributed by atoms with Crippen LogP contribution in [-0.2, 0) is 4.79 Å². The summed E-state index contributed by atoms with van der Waals surface area (Å²) in [7, 11) is 3.82. The van der Waals surface area contributed by atoms with Crippen molar-refractivity contribution in [1.82, 2.24) is 19.8 Å². The average molecular weight is 425 g/mol. The largest absolute Gasteiger partial charge is 0.366 e. The zero-order valence-corrected chi connectivity index (χ0v) is 18.8. The Morgan fingerprint density at radius 3 is 2.42 bits per heavy atom. The molecule has 3 rings (SSSR count). The number of rotatable bonds is 8. The number of hydrogen-bond donors (Lipinski definition) is 1. The van der Waals surface area contributed by atoms with Gasteiger partial charge in [0, 0.05) is 50.4 Å². The Hall–Kier alpha value is -3.00. The van der Waals surface area contributed by atoms with Gasteiger partial charge in [0.15, 0.2) is 0 Å². The highest BCUT2D eigenvalue weighted by Gasteiger charge is 2.31. The molecule has 2 aromatic rings. The molecule has 0 saturated carbocycles. The fraction of sp³-hybridized carbons (Fsp3) is 0.478. The molecule has 1 fully saturated rings. The lowest BCUT2D eigenvalue weighted by atomic mass is 9.95. The maximum atomic E-state index is 12.8. The number of likely N-dealkylation sites (tertiary alicyclic amines) is 1. The average Bonchev–Trinajstić information content (AvgIpc) is 3.27. The Labute approximate surface area is 184 Å². The minimum absolute atomic E-state index is 0.133. The molecule has 0 aliphatic carbocycles. The molecule has 1 saturated heterocycles. The molecule has 8 heteroatoms. The third-order valence-corrected chi connectivity index (χ3v) is 5.87. The van der Waals surface area contributed by atoms with Crippen molar-refractivity contribution in [3.63, 3.8) is 0 Å². The number of nitrogens with zero attached hydrogens (tertiary/aromatic N) is 5. The van der Waals surface area contributed by atoms with E-state index in [1.54, 1.807) is 12.1 Å². The third kappa shape index (κ3) is 5.19. The van der Waals surface area contributed by atoms with Crippen LogP contribution in [0.5, 0.6) is 0 Å². The molecular formula is C23H32N6O2. The molecule has 1 aliphatic rings. The predicted molar refractivity (Wildman–Crippen MR) is 122 cm³/mol. The van der Waals surface area contributed by atoms with Crippen molar-refractivity contribution >= 4 is 17.8 Å². The highest BCUT2D eigenvalue weighted by Crippen LogP contribution is 2.34. The first-order chi connectivity index (χ1) is 14.8. The van der Waals surface area contributed by atoms with E-state index < -0.39 is 5.91 Å². The van der Waals surface area contributed by atoms with E-state index >= 15 is 0 Å². The number of nitrogens with two attached hydrogens (primary N) is 1. The Morgan fingerprint density at radius 2 is 1.84 bits per heavy atom. The van der Waals surface area contributed by atoms with Gasteiger partial charge in [-0.15, -0.1) is 0 Å². The highest BCUT2D eigenvalue weighted by atomic mass is 16.2. The van der Waals surface area contributed by atoms with Crippen LogP contribution in [0.15, 0.2) is 30.5 Å². The number of aromatic nitrogens is 2. The number of likely N-dealkylation sites (N-methyl/N-ethyl adjacent to an activating group) is 1. The highest BCUT2D eigenvalue weighted by molar-refractivity contribution is 5.93. The lowest BCUT2D eigenvalue weighted by molar-refractivity contribution is -0.131. The molecule has 2 N–H and O–H groups in total. The monoisotopic (exact) mass is 424 g/mol. The van der Waals surface area contributed by atoms with Crippen LogP contribution in [0.4, 0.5) is 5.95 Å². The Balaban J connectivity index is 1.88. The molecule has 2 heterocycles. The van der Waals surface area contributed by atoms with Crippen LogP contribution in [0.25, 0.3) is 11.1 Å². The third-order valence-electron chi connectivity index (χ3n) is 5.87. The molecule has 0 spiro atoms. The first kappa shape index (κ1) is 22.7. The lowest BCUT2D eigenvalue weighted by Gasteiger charge is -2.23. The fourth-order valence-electron chi connectivity index (χ4n) is 3.90. The number of hydrogen-bond acceptors (Lipinski definition) is 6. The Kier molecular flexibility index (Phi) is 7.22. The molecule has 0 radical (unpaired) electrons. The van der Waals surface area contributed by atoms with Gasteiger partial charge in [0.05, 0.1) is 12.2 Å². The van der Waals surface area contributed by atoms with Gasteiger partial charge in [0.1, 0.15) is 0 Å². The van der Waals surface area contributed by atoms with Crippen LogP contribution in [0.2, 0.25) is 0 Å². The minimum atomic E-state index is -0.455. The summed E-state index contributed by atoms with van der Waals surface area (Å²) in [5, 5.41) is 0. The molecule has 1 atom stereocenters. The van der Waals surface area contributed by atoms with E-state index in [4.69, 9.17) is 10.7 Å². The molecular weight excluding hydrogens is 392 g/mol. The Morgan fingerprint density at radius 1 is 1.16 bits per heavy atom. The number of carbonyl (C=O) groups is 2. The number of benzene rings is 1. The molecule has 1 aliphatic heterocycles. The summed E-state index contributed by atoms with van der Waals surface area (Å²) < 4.78 is 0. The molecule has 1 aromatic heterocycles. The van der Waals surface area contributed by atoms with E-state index in [9.17, 15) is 9.59 Å². The second-order valence-corrected chi connectivity index (χ2v) is 8.09. The SMILES string of the molecule is CCN(CC)CC(=O)N1CC[C@@H](c2nc(N(C)C)ncc2-c2ccc(C(N)=O)cc2)C1. The van der Waals surface area contributed by atoms with Crippen molar-refractivity contribution in [3.8, 4) is 11.1 Å². The smallest absolute Gasteiger partial charge is 0.248 e. The van der Waals surface area contributed by atoms with Crippen LogP contribution < -0.4 is 10.6 Å². The first-order valence-electron chi connectivity index (χ1n) is 10.8. The zero-order valence-electron chi connectivity index (χ0n) is 18.8. The van der Waals surface area contributed by atoms with Crippen molar-refractivity contribution in [2.75, 3.05) is 51.7 Å². The van der Waals surface area contributed by atoms with E-state index in [2.05, 4.69) is 23.7 Å². The normalized spacial score (nSPS) is 16.0. The van der Waals surface area contributed by atoms with E-state index in [0.29, 0.717) is 24.6 Å². The molecule has 0 bridgehead atoms. The molecule has 31 heavy (non-hydrogen) atoms. The quantitative estimate of drug-likeness (QED) is 0.696. The van der Waals surface area contributed by atoms with Crippen LogP contribution in [0, 0.1) is 0 Å². The van der Waals surface area contributed by atoms with Crippen molar-refractivity contribution in [2.45, 2.75) is 26.2 Å². The topological polar surface area (TPSA) is 95.7 Å². The van der Waals surface area contributed by atoms with E-state index in [-0.39, 0.29) is 11.8 Å². The van der Waals surface area contributed by atoms with Gasteiger partial charge in [0.2, 0.25) is 17.8 Å². The second-order valence-electron chi connectivity index (χ2n) is 8.09. The van der Waals surface area contributed by atoms with Crippen LogP contribution >= 0.6 is 0 Å². The van der Waals surface area contributed by atoms with Crippen molar-refractivity contribution in [3.05, 3.63) is 41.7 Å². The molecule has 8 nitrogen and oxygen atoms in total. The minimum Gasteiger partial charge on any atom is -0.366 e. The standard InChI is InChI=1S/C23H32N6O2/c1-5-28(6-2)15-20(30)29-12-11-18(14-29)21-19(13-25-23(26-21)27(3)4)16-7-9-17(10-8-16)22(24)31/h7-10,13,18H,5-6,11-12,14-15H2,1-4H3,(H2,24,31)/t18-/m1/s1. The second kappa shape index (κ2) is 9.87. The predicted octanol–water partition coefficient (Wildman–Crippen LogP) is 1.97. The van der Waals surface area contributed by atoms with Crippen LogP contribution in [0.1, 0.15) is 42.2 Å². The van der Waals surface area contributed by atoms with E-state index in [1.807, 2.05) is 42.2 Å². The van der Waals surface area contributed by atoms with Gasteiger partial charge in [-0.1, -0.05) is 26.0 Å². The summed E-state index contributed by atoms with van der Waals surface area (Å²) in [5.74, 6) is 0.484. The van der Waals surface area contributed by atoms with Gasteiger partial charge in [-0.2, -0.15) is 0 Å². The van der Waals surface area contributed by atoms with Gasteiger partial charge in [-0.25, -0.2) is 9.97 Å². The summed E-state index contributed by atoms with van der Waals surface area (Å²) in [4.78, 5) is 39.5. The summed E-state index contributed by atoms with van der Waals surface area (Å²) in [5.41, 5.74) is 8.62. The van der Waals surface area contributed by atoms with Crippen molar-refractivity contribution < 1.29 is 9.59 Å². The maximum absolute atomic E-state index is 12.8. The van der Waals surface area contributed by atoms with Gasteiger partial charge in [-0.3, -0.25) is 14.5 Å². The number of amides is 2. The fourth-order valence-corrected chi connectivity index (χ4v) is 3.90. The van der Waals surface area contributed by atoms with Gasteiger partial charge in [-0.05, 0) is 37.2 Å². The summed E-state index contributed by atoms with van der Waals surface area (Å²) >= 11 is 0. The van der Waals surface area contributed by atoms with Gasteiger partial charge < -0.3 is 15.5 Å². The maximum Gasteiger partial charge on any atom is 0.248 e. The van der Waals surface area contributed by atoms with Crippen LogP contribution in [-0.4, -0.2) is 78.4 Å². The van der Waals surface area contributed by atoms with Crippen molar-refractivity contribution in [2.24, 2.45) is 5.73 Å². The van der Waals surface area contributed by atoms with Crippen LogP contribution in [0.3, 0.4) is 0 Å². The van der Waals surface area contributed by atoms with Gasteiger partial charge in [0.25, 0.3) is 0 Å². The number of carbonyl (C=O) groups excluding carboxylic acids is 2. The number of anilines is 1. The molecule has 166 valence electrons. The zero-order chi connectivity index (χ0) is 22.5. The van der Waals surface area contributed by atoms with Gasteiger partial charge >= 0.3 is 0 Å². The first-order valence-corrected chi connectivity index (χ1v) is 10.8. The summed E-state index contributed by atoms with van der Waals surface area (Å²) in [6, 6.07) is 7.18. The molecule has 1 aromatic carbocycles. The lowest BCUT2D eigenvalue weighted by Crippen LogP contribution is -2.39. The number of primary amides is 1. The van der Waals surface area contributed by atoms with Crippen molar-refractivity contribution in [1.29, 1.82) is 0 Å². The summed E-state index contributed by atoms with van der Waals surface area (Å²) in [6.45, 7) is 7.70. The summed E-state index contributed by atoms with van der Waals surface area (Å²) in [6.07, 6.45) is 2.69. The van der Waals surface area contributed by atoms with E-state index in [1.165, 1.54) is 0 Å². The molecule has 0 unspecified atom stereocenters. The molecule has 2 amide bonds. The Bertz CT molecular complexity index is 924.